The second kappa shape index (κ2) is 9.37. The number of rotatable bonds is 0. The van der Waals surface area contributed by atoms with Gasteiger partial charge in [0.05, 0.1) is 0 Å². The summed E-state index contributed by atoms with van der Waals surface area (Å²) in [5, 5.41) is 5.35. The molecule has 4 rings (SSSR count). The van der Waals surface area contributed by atoms with Gasteiger partial charge in [0.2, 0.25) is 0 Å². The molecule has 0 fully saturated rings. The smallest absolute Gasteiger partial charge is 0.0102 e. The van der Waals surface area contributed by atoms with Crippen LogP contribution in [0.25, 0.3) is 21.5 Å². The standard InChI is InChI=1S/C18H18.C7H8.C2H6/c1-18(2,3)15-11-10-14-9-8-13-6-4-5-7-16(13)17(14)12-15;1-7-5-3-2-4-6-7;1-2/h4-12H,1-3H3;2-6H,1H3;1-2H3. The molecule has 0 spiro atoms. The summed E-state index contributed by atoms with van der Waals surface area (Å²) < 4.78 is 0. The van der Waals surface area contributed by atoms with Gasteiger partial charge in [-0.3, -0.25) is 0 Å². The van der Waals surface area contributed by atoms with Crippen LogP contribution < -0.4 is 0 Å². The maximum atomic E-state index is 2.34. The van der Waals surface area contributed by atoms with Crippen molar-refractivity contribution in [2.45, 2.75) is 47.0 Å². The van der Waals surface area contributed by atoms with Crippen molar-refractivity contribution in [2.24, 2.45) is 0 Å². The Morgan fingerprint density at radius 3 is 1.63 bits per heavy atom. The molecular formula is C27H32. The molecule has 140 valence electrons. The van der Waals surface area contributed by atoms with E-state index in [9.17, 15) is 0 Å². The Kier molecular flexibility index (Phi) is 7.19. The molecule has 0 aliphatic rings. The van der Waals surface area contributed by atoms with Gasteiger partial charge in [-0.25, -0.2) is 0 Å². The van der Waals surface area contributed by atoms with E-state index >= 15 is 0 Å². The lowest BCUT2D eigenvalue weighted by Crippen LogP contribution is -2.10. The molecule has 27 heavy (non-hydrogen) atoms. The van der Waals surface area contributed by atoms with E-state index in [0.29, 0.717) is 0 Å². The third-order valence-corrected chi connectivity index (χ3v) is 4.55. The SMILES string of the molecule is CC.CC(C)(C)c1ccc2ccc3ccccc3c2c1.Cc1ccccc1. The lowest BCUT2D eigenvalue weighted by Gasteiger charge is -2.19. The average Bonchev–Trinajstić information content (AvgIpc) is 2.69. The van der Waals surface area contributed by atoms with E-state index in [2.05, 4.69) is 94.4 Å². The summed E-state index contributed by atoms with van der Waals surface area (Å²) in [5.41, 5.74) is 2.92. The van der Waals surface area contributed by atoms with E-state index in [0.717, 1.165) is 0 Å². The van der Waals surface area contributed by atoms with Gasteiger partial charge in [0.25, 0.3) is 0 Å². The lowest BCUT2D eigenvalue weighted by atomic mass is 9.85. The summed E-state index contributed by atoms with van der Waals surface area (Å²) in [6, 6.07) is 30.1. The van der Waals surface area contributed by atoms with Gasteiger partial charge in [-0.1, -0.05) is 125 Å². The second-order valence-corrected chi connectivity index (χ2v) is 7.63. The van der Waals surface area contributed by atoms with Crippen LogP contribution in [0.4, 0.5) is 0 Å². The zero-order valence-electron chi connectivity index (χ0n) is 17.6. The molecule has 0 unspecified atom stereocenters. The van der Waals surface area contributed by atoms with Crippen molar-refractivity contribution < 1.29 is 0 Å². The molecule has 0 nitrogen and oxygen atoms in total. The summed E-state index contributed by atoms with van der Waals surface area (Å²) in [6.45, 7) is 12.9. The lowest BCUT2D eigenvalue weighted by molar-refractivity contribution is 0.591. The van der Waals surface area contributed by atoms with Crippen molar-refractivity contribution in [3.8, 4) is 0 Å². The Labute approximate surface area is 164 Å². The fourth-order valence-electron chi connectivity index (χ4n) is 3.00. The van der Waals surface area contributed by atoms with E-state index in [-0.39, 0.29) is 5.41 Å². The van der Waals surface area contributed by atoms with Gasteiger partial charge in [-0.15, -0.1) is 0 Å². The van der Waals surface area contributed by atoms with Crippen molar-refractivity contribution in [1.82, 2.24) is 0 Å². The van der Waals surface area contributed by atoms with E-state index in [4.69, 9.17) is 0 Å². The highest BCUT2D eigenvalue weighted by Crippen LogP contribution is 2.30. The average molecular weight is 357 g/mol. The molecule has 0 saturated carbocycles. The first kappa shape index (κ1) is 20.7. The molecule has 0 bridgehead atoms. The maximum absolute atomic E-state index is 2.34. The van der Waals surface area contributed by atoms with Gasteiger partial charge in [0.1, 0.15) is 0 Å². The summed E-state index contributed by atoms with van der Waals surface area (Å²) in [7, 11) is 0. The molecule has 0 heterocycles. The third kappa shape index (κ3) is 5.44. The minimum Gasteiger partial charge on any atom is -0.0683 e. The van der Waals surface area contributed by atoms with Crippen LogP contribution in [0.5, 0.6) is 0 Å². The third-order valence-electron chi connectivity index (χ3n) is 4.55. The molecule has 0 saturated heterocycles. The molecule has 0 aliphatic carbocycles. The molecule has 0 aromatic heterocycles. The Balaban J connectivity index is 0.000000244. The molecule has 0 amide bonds. The van der Waals surface area contributed by atoms with Crippen molar-refractivity contribution >= 4 is 21.5 Å². The molecule has 0 radical (unpaired) electrons. The zero-order chi connectivity index (χ0) is 19.9. The van der Waals surface area contributed by atoms with Crippen molar-refractivity contribution in [2.75, 3.05) is 0 Å². The Morgan fingerprint density at radius 2 is 1.07 bits per heavy atom. The maximum Gasteiger partial charge on any atom is -0.0102 e. The van der Waals surface area contributed by atoms with Crippen LogP contribution in [0.15, 0.2) is 84.9 Å². The number of hydrogen-bond donors (Lipinski definition) is 0. The topological polar surface area (TPSA) is 0 Å². The first-order valence-corrected chi connectivity index (χ1v) is 9.89. The van der Waals surface area contributed by atoms with E-state index in [1.54, 1.807) is 0 Å². The first-order chi connectivity index (χ1) is 12.9. The monoisotopic (exact) mass is 356 g/mol. The van der Waals surface area contributed by atoms with Gasteiger partial charge in [0.15, 0.2) is 0 Å². The number of benzene rings is 4. The normalized spacial score (nSPS) is 10.6. The van der Waals surface area contributed by atoms with Crippen LogP contribution in [0, 0.1) is 6.92 Å². The summed E-state index contributed by atoms with van der Waals surface area (Å²) in [5.74, 6) is 0. The molecule has 0 aliphatic heterocycles. The van der Waals surface area contributed by atoms with E-state index in [1.165, 1.54) is 32.7 Å². The Morgan fingerprint density at radius 1 is 0.556 bits per heavy atom. The van der Waals surface area contributed by atoms with Crippen LogP contribution in [0.1, 0.15) is 45.7 Å². The summed E-state index contributed by atoms with van der Waals surface area (Å²) >= 11 is 0. The van der Waals surface area contributed by atoms with Crippen LogP contribution in [0.3, 0.4) is 0 Å². The Hall–Kier alpha value is -2.60. The highest BCUT2D eigenvalue weighted by molar-refractivity contribution is 6.07. The molecule has 0 heteroatoms. The quantitative estimate of drug-likeness (QED) is 0.278. The highest BCUT2D eigenvalue weighted by Gasteiger charge is 2.14. The van der Waals surface area contributed by atoms with E-state index < -0.39 is 0 Å². The van der Waals surface area contributed by atoms with Gasteiger partial charge in [-0.05, 0) is 39.4 Å². The summed E-state index contributed by atoms with van der Waals surface area (Å²) in [6.07, 6.45) is 0. The molecule has 0 N–H and O–H groups in total. The number of hydrogen-bond acceptors (Lipinski definition) is 0. The van der Waals surface area contributed by atoms with Crippen molar-refractivity contribution in [3.63, 3.8) is 0 Å². The molecule has 0 atom stereocenters. The second-order valence-electron chi connectivity index (χ2n) is 7.63. The minimum absolute atomic E-state index is 0.200. The van der Waals surface area contributed by atoms with Crippen LogP contribution in [0.2, 0.25) is 0 Å². The van der Waals surface area contributed by atoms with Crippen molar-refractivity contribution in [1.29, 1.82) is 0 Å². The fraction of sp³-hybridized carbons (Fsp3) is 0.259. The molecular weight excluding hydrogens is 324 g/mol. The fourth-order valence-corrected chi connectivity index (χ4v) is 3.00. The predicted octanol–water partition coefficient (Wildman–Crippen LogP) is 8.31. The molecule has 4 aromatic rings. The molecule has 4 aromatic carbocycles. The predicted molar refractivity (Wildman–Crippen MR) is 123 cm³/mol. The first-order valence-electron chi connectivity index (χ1n) is 9.89. The summed E-state index contributed by atoms with van der Waals surface area (Å²) in [4.78, 5) is 0. The number of fused-ring (bicyclic) bond motifs is 3. The van der Waals surface area contributed by atoms with Gasteiger partial charge < -0.3 is 0 Å². The van der Waals surface area contributed by atoms with Crippen molar-refractivity contribution in [3.05, 3.63) is 96.1 Å². The van der Waals surface area contributed by atoms with Gasteiger partial charge in [0, 0.05) is 0 Å². The zero-order valence-corrected chi connectivity index (χ0v) is 17.6. The highest BCUT2D eigenvalue weighted by atomic mass is 14.2. The minimum atomic E-state index is 0.200. The van der Waals surface area contributed by atoms with Gasteiger partial charge in [-0.2, -0.15) is 0 Å². The van der Waals surface area contributed by atoms with Crippen LogP contribution in [-0.4, -0.2) is 0 Å². The number of aryl methyl sites for hydroxylation is 1. The van der Waals surface area contributed by atoms with E-state index in [1.807, 2.05) is 32.0 Å². The van der Waals surface area contributed by atoms with Crippen LogP contribution in [-0.2, 0) is 5.41 Å². The van der Waals surface area contributed by atoms with Crippen LogP contribution >= 0.6 is 0 Å². The van der Waals surface area contributed by atoms with Gasteiger partial charge >= 0.3 is 0 Å². The Bertz CT molecular complexity index is 973. The largest absolute Gasteiger partial charge is 0.0683 e.